The molecule has 0 unspecified atom stereocenters. The summed E-state index contributed by atoms with van der Waals surface area (Å²) in [6.45, 7) is 2.81. The fraction of sp³-hybridized carbons (Fsp3) is 0.333. The summed E-state index contributed by atoms with van der Waals surface area (Å²) in [5.41, 5.74) is 1.28. The largest absolute Gasteiger partial charge is 0.329 e. The zero-order valence-electron chi connectivity index (χ0n) is 10.7. The molecule has 0 aliphatic heterocycles. The Bertz CT molecular complexity index is 502. The van der Waals surface area contributed by atoms with E-state index in [2.05, 4.69) is 17.1 Å². The third kappa shape index (κ3) is 3.06. The number of imidazole rings is 1. The maximum absolute atomic E-state index is 12.0. The molecule has 0 radical (unpaired) electrons. The molecule has 0 saturated carbocycles. The summed E-state index contributed by atoms with van der Waals surface area (Å²) in [5, 5.41) is 0. The van der Waals surface area contributed by atoms with E-state index >= 15 is 0 Å². The molecule has 0 aliphatic carbocycles. The van der Waals surface area contributed by atoms with Gasteiger partial charge in [0.2, 0.25) is 0 Å². The first-order chi connectivity index (χ1) is 8.81. The Morgan fingerprint density at radius 3 is 2.78 bits per heavy atom. The third-order valence-electron chi connectivity index (χ3n) is 3.02. The summed E-state index contributed by atoms with van der Waals surface area (Å²) >= 11 is 0. The van der Waals surface area contributed by atoms with Crippen LogP contribution in [-0.4, -0.2) is 15.3 Å². The SMILES string of the molecule is CCn1ccnc1C(=O)CCCc1ccccc1. The van der Waals surface area contributed by atoms with E-state index in [-0.39, 0.29) is 5.78 Å². The summed E-state index contributed by atoms with van der Waals surface area (Å²) in [6.07, 6.45) is 5.92. The molecule has 0 amide bonds. The van der Waals surface area contributed by atoms with E-state index in [0.29, 0.717) is 12.2 Å². The lowest BCUT2D eigenvalue weighted by atomic mass is 10.1. The van der Waals surface area contributed by atoms with Gasteiger partial charge in [-0.1, -0.05) is 30.3 Å². The zero-order valence-corrected chi connectivity index (χ0v) is 10.7. The summed E-state index contributed by atoms with van der Waals surface area (Å²) in [4.78, 5) is 16.1. The Labute approximate surface area is 107 Å². The van der Waals surface area contributed by atoms with Gasteiger partial charge in [-0.15, -0.1) is 0 Å². The Morgan fingerprint density at radius 1 is 1.28 bits per heavy atom. The minimum absolute atomic E-state index is 0.137. The zero-order chi connectivity index (χ0) is 12.8. The first-order valence-electron chi connectivity index (χ1n) is 6.39. The van der Waals surface area contributed by atoms with Gasteiger partial charge in [0.25, 0.3) is 0 Å². The number of aromatic nitrogens is 2. The summed E-state index contributed by atoms with van der Waals surface area (Å²) < 4.78 is 1.89. The Balaban J connectivity index is 1.86. The van der Waals surface area contributed by atoms with Crippen LogP contribution in [0.2, 0.25) is 0 Å². The molecular weight excluding hydrogens is 224 g/mol. The Kier molecular flexibility index (Phi) is 4.29. The number of benzene rings is 1. The van der Waals surface area contributed by atoms with Crippen molar-refractivity contribution in [2.24, 2.45) is 0 Å². The van der Waals surface area contributed by atoms with Crippen molar-refractivity contribution in [2.45, 2.75) is 32.7 Å². The fourth-order valence-electron chi connectivity index (χ4n) is 2.03. The average molecular weight is 242 g/mol. The van der Waals surface area contributed by atoms with Crippen LogP contribution in [0, 0.1) is 0 Å². The predicted octanol–water partition coefficient (Wildman–Crippen LogP) is 3.11. The van der Waals surface area contributed by atoms with Crippen LogP contribution in [0.1, 0.15) is 35.9 Å². The number of carbonyl (C=O) groups is 1. The molecule has 94 valence electrons. The molecule has 1 heterocycles. The van der Waals surface area contributed by atoms with Gasteiger partial charge in [0, 0.05) is 25.4 Å². The normalized spacial score (nSPS) is 10.5. The van der Waals surface area contributed by atoms with Gasteiger partial charge in [0.05, 0.1) is 0 Å². The van der Waals surface area contributed by atoms with Gasteiger partial charge in [-0.2, -0.15) is 0 Å². The fourth-order valence-corrected chi connectivity index (χ4v) is 2.03. The van der Waals surface area contributed by atoms with Crippen molar-refractivity contribution in [3.8, 4) is 0 Å². The van der Waals surface area contributed by atoms with Gasteiger partial charge in [-0.25, -0.2) is 4.98 Å². The van der Waals surface area contributed by atoms with Crippen molar-refractivity contribution in [2.75, 3.05) is 0 Å². The van der Waals surface area contributed by atoms with Crippen LogP contribution in [0.25, 0.3) is 0 Å². The number of rotatable bonds is 6. The molecule has 0 spiro atoms. The van der Waals surface area contributed by atoms with E-state index in [9.17, 15) is 4.79 Å². The summed E-state index contributed by atoms with van der Waals surface area (Å²) in [6, 6.07) is 10.3. The molecule has 0 aliphatic rings. The van der Waals surface area contributed by atoms with Crippen LogP contribution in [0.15, 0.2) is 42.7 Å². The topological polar surface area (TPSA) is 34.9 Å². The van der Waals surface area contributed by atoms with Crippen LogP contribution in [0.5, 0.6) is 0 Å². The van der Waals surface area contributed by atoms with Crippen molar-refractivity contribution in [3.05, 3.63) is 54.1 Å². The number of nitrogens with zero attached hydrogens (tertiary/aromatic N) is 2. The molecule has 0 fully saturated rings. The van der Waals surface area contributed by atoms with Crippen LogP contribution >= 0.6 is 0 Å². The maximum Gasteiger partial charge on any atom is 0.198 e. The van der Waals surface area contributed by atoms with Crippen molar-refractivity contribution < 1.29 is 4.79 Å². The van der Waals surface area contributed by atoms with Crippen LogP contribution in [0.3, 0.4) is 0 Å². The average Bonchev–Trinajstić information content (AvgIpc) is 2.88. The Morgan fingerprint density at radius 2 is 2.06 bits per heavy atom. The van der Waals surface area contributed by atoms with Crippen LogP contribution in [0.4, 0.5) is 0 Å². The number of aryl methyl sites for hydroxylation is 2. The van der Waals surface area contributed by atoms with Crippen molar-refractivity contribution in [1.82, 2.24) is 9.55 Å². The highest BCUT2D eigenvalue weighted by Gasteiger charge is 2.11. The minimum atomic E-state index is 0.137. The number of ketones is 1. The third-order valence-corrected chi connectivity index (χ3v) is 3.02. The molecule has 18 heavy (non-hydrogen) atoms. The molecule has 2 aromatic rings. The van der Waals surface area contributed by atoms with E-state index in [1.165, 1.54) is 5.56 Å². The molecule has 0 bridgehead atoms. The van der Waals surface area contributed by atoms with E-state index in [0.717, 1.165) is 19.4 Å². The lowest BCUT2D eigenvalue weighted by Gasteiger charge is -2.04. The molecule has 1 aromatic heterocycles. The number of hydrogen-bond donors (Lipinski definition) is 0. The highest BCUT2D eigenvalue weighted by atomic mass is 16.1. The predicted molar refractivity (Wildman–Crippen MR) is 71.6 cm³/mol. The van der Waals surface area contributed by atoms with Gasteiger partial charge in [0.15, 0.2) is 11.6 Å². The van der Waals surface area contributed by atoms with Gasteiger partial charge < -0.3 is 4.57 Å². The van der Waals surface area contributed by atoms with Crippen LogP contribution in [-0.2, 0) is 13.0 Å². The number of hydrogen-bond acceptors (Lipinski definition) is 2. The van der Waals surface area contributed by atoms with Crippen molar-refractivity contribution in [3.63, 3.8) is 0 Å². The van der Waals surface area contributed by atoms with E-state index < -0.39 is 0 Å². The molecular formula is C15H18N2O. The molecule has 3 heteroatoms. The molecule has 2 rings (SSSR count). The first-order valence-corrected chi connectivity index (χ1v) is 6.39. The highest BCUT2D eigenvalue weighted by Crippen LogP contribution is 2.08. The first kappa shape index (κ1) is 12.6. The van der Waals surface area contributed by atoms with Crippen molar-refractivity contribution in [1.29, 1.82) is 0 Å². The van der Waals surface area contributed by atoms with Gasteiger partial charge in [-0.05, 0) is 25.3 Å². The lowest BCUT2D eigenvalue weighted by molar-refractivity contribution is 0.0966. The molecule has 3 nitrogen and oxygen atoms in total. The van der Waals surface area contributed by atoms with Gasteiger partial charge in [0.1, 0.15) is 0 Å². The van der Waals surface area contributed by atoms with E-state index in [1.54, 1.807) is 6.20 Å². The van der Waals surface area contributed by atoms with E-state index in [4.69, 9.17) is 0 Å². The smallest absolute Gasteiger partial charge is 0.198 e. The lowest BCUT2D eigenvalue weighted by Crippen LogP contribution is -2.09. The second-order valence-electron chi connectivity index (χ2n) is 4.30. The quantitative estimate of drug-likeness (QED) is 0.729. The molecule has 0 atom stereocenters. The molecule has 0 N–H and O–H groups in total. The standard InChI is InChI=1S/C15H18N2O/c1-2-17-12-11-16-15(17)14(18)10-6-9-13-7-4-3-5-8-13/h3-5,7-8,11-12H,2,6,9-10H2,1H3. The monoisotopic (exact) mass is 242 g/mol. The van der Waals surface area contributed by atoms with Crippen molar-refractivity contribution >= 4 is 5.78 Å². The number of Topliss-reactive ketones (excluding diaryl/α,β-unsaturated/α-hetero) is 1. The molecule has 0 saturated heterocycles. The highest BCUT2D eigenvalue weighted by molar-refractivity contribution is 5.92. The number of carbonyl (C=O) groups excluding carboxylic acids is 1. The van der Waals surface area contributed by atoms with Crippen LogP contribution < -0.4 is 0 Å². The molecule has 1 aromatic carbocycles. The van der Waals surface area contributed by atoms with Gasteiger partial charge >= 0.3 is 0 Å². The summed E-state index contributed by atoms with van der Waals surface area (Å²) in [7, 11) is 0. The summed E-state index contributed by atoms with van der Waals surface area (Å²) in [5.74, 6) is 0.725. The van der Waals surface area contributed by atoms with E-state index in [1.807, 2.05) is 35.9 Å². The Hall–Kier alpha value is -1.90. The second-order valence-corrected chi connectivity index (χ2v) is 4.30. The minimum Gasteiger partial charge on any atom is -0.329 e. The maximum atomic E-state index is 12.0. The van der Waals surface area contributed by atoms with Gasteiger partial charge in [-0.3, -0.25) is 4.79 Å². The second kappa shape index (κ2) is 6.15.